The van der Waals surface area contributed by atoms with Crippen molar-refractivity contribution in [2.45, 2.75) is 58.9 Å². The van der Waals surface area contributed by atoms with Crippen molar-refractivity contribution in [3.8, 4) is 18.1 Å². The molecule has 2 rings (SSSR count). The quantitative estimate of drug-likeness (QED) is 0.501. The van der Waals surface area contributed by atoms with Gasteiger partial charge < -0.3 is 4.74 Å². The first-order chi connectivity index (χ1) is 11.1. The van der Waals surface area contributed by atoms with Crippen molar-refractivity contribution >= 4 is 0 Å². The monoisotopic (exact) mass is 313 g/mol. The number of benzene rings is 1. The molecule has 1 aromatic carbocycles. The molecule has 0 saturated carbocycles. The third-order valence-electron chi connectivity index (χ3n) is 5.10. The fourth-order valence-electron chi connectivity index (χ4n) is 3.38. The molecule has 1 aliphatic heterocycles. The zero-order valence-corrected chi connectivity index (χ0v) is 14.8. The van der Waals surface area contributed by atoms with Gasteiger partial charge in [0.15, 0.2) is 0 Å². The van der Waals surface area contributed by atoms with Gasteiger partial charge in [-0.1, -0.05) is 51.2 Å². The van der Waals surface area contributed by atoms with Gasteiger partial charge in [-0.25, -0.2) is 0 Å². The summed E-state index contributed by atoms with van der Waals surface area (Å²) < 4.78 is 5.42. The summed E-state index contributed by atoms with van der Waals surface area (Å²) in [6, 6.07) is 8.35. The highest BCUT2D eigenvalue weighted by Gasteiger charge is 2.29. The summed E-state index contributed by atoms with van der Waals surface area (Å²) in [5.41, 5.74) is 1.92. The Morgan fingerprint density at radius 3 is 2.48 bits per heavy atom. The molecule has 0 aliphatic carbocycles. The van der Waals surface area contributed by atoms with Crippen LogP contribution < -0.4 is 4.74 Å². The van der Waals surface area contributed by atoms with E-state index in [1.165, 1.54) is 57.2 Å². The Kier molecular flexibility index (Phi) is 6.99. The van der Waals surface area contributed by atoms with Gasteiger partial charge >= 0.3 is 0 Å². The zero-order chi connectivity index (χ0) is 16.5. The molecule has 0 bridgehead atoms. The molecule has 0 N–H and O–H groups in total. The van der Waals surface area contributed by atoms with Crippen LogP contribution in [0.5, 0.6) is 5.75 Å². The van der Waals surface area contributed by atoms with Crippen molar-refractivity contribution in [2.24, 2.45) is 5.41 Å². The first-order valence-electron chi connectivity index (χ1n) is 9.03. The van der Waals surface area contributed by atoms with E-state index >= 15 is 0 Å². The zero-order valence-electron chi connectivity index (χ0n) is 14.8. The maximum absolute atomic E-state index is 5.42. The summed E-state index contributed by atoms with van der Waals surface area (Å²) >= 11 is 0. The second-order valence-electron chi connectivity index (χ2n) is 7.18. The van der Waals surface area contributed by atoms with E-state index in [0.717, 1.165) is 12.3 Å². The van der Waals surface area contributed by atoms with Gasteiger partial charge in [0.05, 0.1) is 0 Å². The van der Waals surface area contributed by atoms with E-state index in [1.807, 2.05) is 12.1 Å². The van der Waals surface area contributed by atoms with Crippen LogP contribution in [0.15, 0.2) is 24.3 Å². The standard InChI is InChI=1S/C21H31NO/c1-4-6-7-12-21(3)13-15-22(16-14-21)18-19-8-10-20(11-9-19)23-17-5-2/h2,8-11H,4,6-7,12-18H2,1,3H3. The van der Waals surface area contributed by atoms with Crippen LogP contribution in [-0.2, 0) is 6.54 Å². The number of hydrogen-bond acceptors (Lipinski definition) is 2. The average Bonchev–Trinajstić information content (AvgIpc) is 2.57. The van der Waals surface area contributed by atoms with Crippen LogP contribution in [0, 0.1) is 17.8 Å². The number of likely N-dealkylation sites (tertiary alicyclic amines) is 1. The van der Waals surface area contributed by atoms with Crippen LogP contribution in [0.25, 0.3) is 0 Å². The van der Waals surface area contributed by atoms with E-state index in [9.17, 15) is 0 Å². The summed E-state index contributed by atoms with van der Waals surface area (Å²) in [4.78, 5) is 2.58. The Hall–Kier alpha value is -1.46. The van der Waals surface area contributed by atoms with Gasteiger partial charge in [0.2, 0.25) is 0 Å². The molecule has 1 aromatic rings. The number of piperidine rings is 1. The molecule has 23 heavy (non-hydrogen) atoms. The first kappa shape index (κ1) is 17.9. The molecule has 1 aliphatic rings. The molecule has 2 nitrogen and oxygen atoms in total. The molecule has 1 saturated heterocycles. The maximum atomic E-state index is 5.42. The molecule has 0 spiro atoms. The van der Waals surface area contributed by atoms with Crippen LogP contribution in [0.3, 0.4) is 0 Å². The molecule has 126 valence electrons. The third kappa shape index (κ3) is 5.92. The predicted molar refractivity (Wildman–Crippen MR) is 97.5 cm³/mol. The summed E-state index contributed by atoms with van der Waals surface area (Å²) in [6.07, 6.45) is 13.4. The number of terminal acetylenes is 1. The summed E-state index contributed by atoms with van der Waals surface area (Å²) in [5.74, 6) is 3.35. The Balaban J connectivity index is 1.76. The minimum absolute atomic E-state index is 0.335. The van der Waals surface area contributed by atoms with Crippen LogP contribution in [0.4, 0.5) is 0 Å². The van der Waals surface area contributed by atoms with Crippen LogP contribution in [0.1, 0.15) is 57.9 Å². The fraction of sp³-hybridized carbons (Fsp3) is 0.619. The number of ether oxygens (including phenoxy) is 1. The molecule has 0 radical (unpaired) electrons. The van der Waals surface area contributed by atoms with E-state index in [0.29, 0.717) is 12.0 Å². The minimum atomic E-state index is 0.335. The largest absolute Gasteiger partial charge is 0.481 e. The summed E-state index contributed by atoms with van der Waals surface area (Å²) in [6.45, 7) is 8.59. The molecule has 2 heteroatoms. The van der Waals surface area contributed by atoms with Gasteiger partial charge in [-0.2, -0.15) is 0 Å². The highest BCUT2D eigenvalue weighted by atomic mass is 16.5. The van der Waals surface area contributed by atoms with Gasteiger partial charge in [-0.05, 0) is 55.5 Å². The number of hydrogen-bond donors (Lipinski definition) is 0. The van der Waals surface area contributed by atoms with Gasteiger partial charge in [-0.15, -0.1) is 6.42 Å². The molecule has 0 aromatic heterocycles. The van der Waals surface area contributed by atoms with Crippen molar-refractivity contribution in [1.82, 2.24) is 4.90 Å². The Labute approximate surface area is 142 Å². The van der Waals surface area contributed by atoms with E-state index in [1.54, 1.807) is 0 Å². The Morgan fingerprint density at radius 2 is 1.87 bits per heavy atom. The van der Waals surface area contributed by atoms with Crippen molar-refractivity contribution in [1.29, 1.82) is 0 Å². The normalized spacial score (nSPS) is 17.6. The van der Waals surface area contributed by atoms with Crippen LogP contribution >= 0.6 is 0 Å². The molecule has 1 heterocycles. The van der Waals surface area contributed by atoms with Gasteiger partial charge in [0, 0.05) is 6.54 Å². The van der Waals surface area contributed by atoms with Crippen molar-refractivity contribution in [3.05, 3.63) is 29.8 Å². The molecule has 0 unspecified atom stereocenters. The van der Waals surface area contributed by atoms with E-state index in [4.69, 9.17) is 11.2 Å². The second kappa shape index (κ2) is 8.99. The fourth-order valence-corrected chi connectivity index (χ4v) is 3.38. The highest BCUT2D eigenvalue weighted by Crippen LogP contribution is 2.36. The number of nitrogens with zero attached hydrogens (tertiary/aromatic N) is 1. The van der Waals surface area contributed by atoms with E-state index in [-0.39, 0.29) is 0 Å². The lowest BCUT2D eigenvalue weighted by molar-refractivity contribution is 0.103. The smallest absolute Gasteiger partial charge is 0.148 e. The van der Waals surface area contributed by atoms with Crippen LogP contribution in [0.2, 0.25) is 0 Å². The van der Waals surface area contributed by atoms with E-state index < -0.39 is 0 Å². The van der Waals surface area contributed by atoms with Gasteiger partial charge in [-0.3, -0.25) is 4.90 Å². The molecular formula is C21H31NO. The van der Waals surface area contributed by atoms with Crippen molar-refractivity contribution < 1.29 is 4.74 Å². The Morgan fingerprint density at radius 1 is 1.17 bits per heavy atom. The minimum Gasteiger partial charge on any atom is -0.481 e. The highest BCUT2D eigenvalue weighted by molar-refractivity contribution is 5.27. The number of rotatable bonds is 8. The SMILES string of the molecule is C#CCOc1ccc(CN2CCC(C)(CCCCC)CC2)cc1. The third-order valence-corrected chi connectivity index (χ3v) is 5.10. The lowest BCUT2D eigenvalue weighted by Gasteiger charge is -2.39. The lowest BCUT2D eigenvalue weighted by atomic mass is 9.76. The van der Waals surface area contributed by atoms with Crippen molar-refractivity contribution in [2.75, 3.05) is 19.7 Å². The number of unbranched alkanes of at least 4 members (excludes halogenated alkanes) is 2. The summed E-state index contributed by atoms with van der Waals surface area (Å²) in [7, 11) is 0. The lowest BCUT2D eigenvalue weighted by Crippen LogP contribution is -2.38. The molecule has 0 atom stereocenters. The first-order valence-corrected chi connectivity index (χ1v) is 9.03. The van der Waals surface area contributed by atoms with Gasteiger partial charge in [0.25, 0.3) is 0 Å². The van der Waals surface area contributed by atoms with Crippen molar-refractivity contribution in [3.63, 3.8) is 0 Å². The van der Waals surface area contributed by atoms with E-state index in [2.05, 4.69) is 36.8 Å². The van der Waals surface area contributed by atoms with Gasteiger partial charge in [0.1, 0.15) is 12.4 Å². The predicted octanol–water partition coefficient (Wildman–Crippen LogP) is 4.88. The molecule has 0 amide bonds. The summed E-state index contributed by atoms with van der Waals surface area (Å²) in [5, 5.41) is 0. The second-order valence-corrected chi connectivity index (χ2v) is 7.18. The van der Waals surface area contributed by atoms with Crippen LogP contribution in [-0.4, -0.2) is 24.6 Å². The topological polar surface area (TPSA) is 12.5 Å². The Bertz CT molecular complexity index is 492. The average molecular weight is 313 g/mol. The maximum Gasteiger partial charge on any atom is 0.148 e. The molecular weight excluding hydrogens is 282 g/mol. The molecule has 1 fully saturated rings.